The van der Waals surface area contributed by atoms with Crippen LogP contribution in [0.2, 0.25) is 0 Å². The Morgan fingerprint density at radius 2 is 2.26 bits per heavy atom. The van der Waals surface area contributed by atoms with Gasteiger partial charge in [-0.05, 0) is 18.2 Å². The highest BCUT2D eigenvalue weighted by Gasteiger charge is 2.14. The van der Waals surface area contributed by atoms with Crippen molar-refractivity contribution in [3.63, 3.8) is 0 Å². The van der Waals surface area contributed by atoms with Gasteiger partial charge in [0.2, 0.25) is 5.91 Å². The van der Waals surface area contributed by atoms with E-state index in [0.717, 1.165) is 0 Å². The van der Waals surface area contributed by atoms with E-state index in [2.05, 4.69) is 20.5 Å². The van der Waals surface area contributed by atoms with Gasteiger partial charge in [-0.25, -0.2) is 4.79 Å². The minimum Gasteiger partial charge on any atom is -0.465 e. The summed E-state index contributed by atoms with van der Waals surface area (Å²) in [4.78, 5) is 22.6. The zero-order chi connectivity index (χ0) is 14.3. The van der Waals surface area contributed by atoms with Crippen LogP contribution in [0.25, 0.3) is 0 Å². The van der Waals surface area contributed by atoms with Crippen LogP contribution in [0.1, 0.15) is 20.7 Å². The molecule has 0 aliphatic carbocycles. The van der Waals surface area contributed by atoms with Gasteiger partial charge in [-0.3, -0.25) is 10.2 Å². The van der Waals surface area contributed by atoms with Crippen LogP contribution in [0.4, 0.5) is 5.69 Å². The standard InChI is InChI=1S/C11H11N5O3/c1-19-11(18)8-6-7(10(13)17)2-3-9(8)15-16-14-5-4-12/h2-3,6H,5H2,1H3,(H2,13,17)(H,14,15). The van der Waals surface area contributed by atoms with E-state index in [9.17, 15) is 9.59 Å². The van der Waals surface area contributed by atoms with Crippen LogP contribution in [-0.4, -0.2) is 25.5 Å². The van der Waals surface area contributed by atoms with Gasteiger partial charge in [0.25, 0.3) is 0 Å². The lowest BCUT2D eigenvalue weighted by Crippen LogP contribution is -2.13. The number of esters is 1. The molecule has 0 atom stereocenters. The number of hydrogen-bond donors (Lipinski definition) is 2. The van der Waals surface area contributed by atoms with E-state index < -0.39 is 11.9 Å². The van der Waals surface area contributed by atoms with Crippen LogP contribution in [0.15, 0.2) is 28.5 Å². The van der Waals surface area contributed by atoms with E-state index in [0.29, 0.717) is 5.69 Å². The summed E-state index contributed by atoms with van der Waals surface area (Å²) in [5.74, 6) is -1.32. The van der Waals surface area contributed by atoms with Crippen molar-refractivity contribution in [3.05, 3.63) is 29.3 Å². The zero-order valence-corrected chi connectivity index (χ0v) is 10.1. The van der Waals surface area contributed by atoms with Crippen molar-refractivity contribution in [2.24, 2.45) is 16.1 Å². The van der Waals surface area contributed by atoms with E-state index >= 15 is 0 Å². The molecule has 3 N–H and O–H groups in total. The molecule has 0 bridgehead atoms. The van der Waals surface area contributed by atoms with Gasteiger partial charge in [-0.2, -0.15) is 10.4 Å². The Kier molecular flexibility index (Phi) is 4.98. The molecular weight excluding hydrogens is 250 g/mol. The molecule has 0 saturated heterocycles. The summed E-state index contributed by atoms with van der Waals surface area (Å²) >= 11 is 0. The number of nitriles is 1. The lowest BCUT2D eigenvalue weighted by molar-refractivity contribution is 0.0602. The van der Waals surface area contributed by atoms with Crippen molar-refractivity contribution in [2.75, 3.05) is 19.1 Å². The molecule has 8 heteroatoms. The topological polar surface area (TPSA) is 130 Å². The second-order valence-electron chi connectivity index (χ2n) is 3.29. The van der Waals surface area contributed by atoms with E-state index in [4.69, 9.17) is 11.0 Å². The first-order valence-electron chi connectivity index (χ1n) is 5.11. The molecule has 0 spiro atoms. The predicted octanol–water partition coefficient (Wildman–Crippen LogP) is 0.875. The average Bonchev–Trinajstić information content (AvgIpc) is 2.42. The molecule has 0 aliphatic heterocycles. The highest BCUT2D eigenvalue weighted by molar-refractivity contribution is 6.00. The van der Waals surface area contributed by atoms with Gasteiger partial charge in [-0.1, -0.05) is 5.22 Å². The molecular formula is C11H11N5O3. The van der Waals surface area contributed by atoms with Crippen molar-refractivity contribution in [1.82, 2.24) is 0 Å². The Hall–Kier alpha value is -2.95. The number of hydrogen-bond acceptors (Lipinski definition) is 6. The van der Waals surface area contributed by atoms with Crippen LogP contribution in [0.5, 0.6) is 0 Å². The third-order valence-electron chi connectivity index (χ3n) is 2.09. The van der Waals surface area contributed by atoms with Crippen molar-refractivity contribution < 1.29 is 14.3 Å². The fourth-order valence-electron chi connectivity index (χ4n) is 1.23. The Bertz CT molecular complexity index is 562. The molecule has 0 heterocycles. The van der Waals surface area contributed by atoms with Crippen molar-refractivity contribution in [2.45, 2.75) is 0 Å². The third-order valence-corrected chi connectivity index (χ3v) is 2.09. The molecule has 0 radical (unpaired) electrons. The van der Waals surface area contributed by atoms with Crippen molar-refractivity contribution >= 4 is 17.6 Å². The molecule has 0 unspecified atom stereocenters. The van der Waals surface area contributed by atoms with Crippen LogP contribution >= 0.6 is 0 Å². The molecule has 1 amide bonds. The number of amides is 1. The van der Waals surface area contributed by atoms with Gasteiger partial charge in [0.1, 0.15) is 6.54 Å². The number of benzene rings is 1. The maximum Gasteiger partial charge on any atom is 0.340 e. The molecule has 1 rings (SSSR count). The summed E-state index contributed by atoms with van der Waals surface area (Å²) in [6.45, 7) is -0.111. The quantitative estimate of drug-likeness (QED) is 0.351. The SMILES string of the molecule is COC(=O)c1cc(C(N)=O)ccc1NN=NCC#N. The largest absolute Gasteiger partial charge is 0.465 e. The smallest absolute Gasteiger partial charge is 0.340 e. The molecule has 0 aliphatic rings. The van der Waals surface area contributed by atoms with E-state index in [1.165, 1.54) is 25.3 Å². The number of ether oxygens (including phenoxy) is 1. The number of nitrogens with zero attached hydrogens (tertiary/aromatic N) is 3. The van der Waals surface area contributed by atoms with Crippen LogP contribution in [0.3, 0.4) is 0 Å². The number of nitrogens with one attached hydrogen (secondary N) is 1. The van der Waals surface area contributed by atoms with E-state index in [1.54, 1.807) is 6.07 Å². The normalized spacial score (nSPS) is 9.89. The molecule has 1 aromatic rings. The van der Waals surface area contributed by atoms with E-state index in [-0.39, 0.29) is 17.7 Å². The predicted molar refractivity (Wildman–Crippen MR) is 65.3 cm³/mol. The number of carbonyl (C=O) groups excluding carboxylic acids is 2. The number of carbonyl (C=O) groups is 2. The lowest BCUT2D eigenvalue weighted by atomic mass is 10.1. The monoisotopic (exact) mass is 261 g/mol. The minimum atomic E-state index is -0.664. The molecule has 98 valence electrons. The maximum absolute atomic E-state index is 11.6. The van der Waals surface area contributed by atoms with Gasteiger partial charge < -0.3 is 10.5 Å². The van der Waals surface area contributed by atoms with Gasteiger partial charge in [-0.15, -0.1) is 0 Å². The molecule has 0 fully saturated rings. The summed E-state index contributed by atoms with van der Waals surface area (Å²) in [6, 6.07) is 5.93. The molecule has 0 aromatic heterocycles. The summed E-state index contributed by atoms with van der Waals surface area (Å²) in [5.41, 5.74) is 8.16. The number of nitrogens with two attached hydrogens (primary N) is 1. The highest BCUT2D eigenvalue weighted by Crippen LogP contribution is 2.18. The summed E-state index contributed by atoms with van der Waals surface area (Å²) in [7, 11) is 1.21. The minimum absolute atomic E-state index is 0.0923. The summed E-state index contributed by atoms with van der Waals surface area (Å²) in [6.07, 6.45) is 0. The Balaban J connectivity index is 3.06. The summed E-state index contributed by atoms with van der Waals surface area (Å²) in [5, 5.41) is 15.3. The van der Waals surface area contributed by atoms with Gasteiger partial charge >= 0.3 is 5.97 Å². The van der Waals surface area contributed by atoms with Crippen LogP contribution in [-0.2, 0) is 4.74 Å². The van der Waals surface area contributed by atoms with Gasteiger partial charge in [0.15, 0.2) is 0 Å². The average molecular weight is 261 g/mol. The van der Waals surface area contributed by atoms with Crippen molar-refractivity contribution in [3.8, 4) is 6.07 Å². The van der Waals surface area contributed by atoms with Gasteiger partial charge in [0.05, 0.1) is 24.4 Å². The number of primary amides is 1. The number of methoxy groups -OCH3 is 1. The zero-order valence-electron chi connectivity index (χ0n) is 10.1. The molecule has 8 nitrogen and oxygen atoms in total. The number of anilines is 1. The number of rotatable bonds is 5. The fraction of sp³-hybridized carbons (Fsp3) is 0.182. The Morgan fingerprint density at radius 1 is 1.53 bits per heavy atom. The Morgan fingerprint density at radius 3 is 2.84 bits per heavy atom. The third kappa shape index (κ3) is 3.78. The second-order valence-corrected chi connectivity index (χ2v) is 3.29. The first kappa shape index (κ1) is 14.1. The fourth-order valence-corrected chi connectivity index (χ4v) is 1.23. The first-order valence-corrected chi connectivity index (χ1v) is 5.11. The van der Waals surface area contributed by atoms with Crippen molar-refractivity contribution in [1.29, 1.82) is 5.26 Å². The summed E-state index contributed by atoms with van der Waals surface area (Å²) < 4.78 is 4.58. The highest BCUT2D eigenvalue weighted by atomic mass is 16.5. The van der Waals surface area contributed by atoms with Crippen LogP contribution in [0, 0.1) is 11.3 Å². The Labute approximate surface area is 108 Å². The maximum atomic E-state index is 11.6. The second kappa shape index (κ2) is 6.70. The van der Waals surface area contributed by atoms with Crippen LogP contribution < -0.4 is 11.2 Å². The lowest BCUT2D eigenvalue weighted by Gasteiger charge is -2.07. The molecule has 0 saturated carbocycles. The molecule has 1 aromatic carbocycles. The molecule has 19 heavy (non-hydrogen) atoms. The van der Waals surface area contributed by atoms with Gasteiger partial charge in [0, 0.05) is 5.56 Å². The first-order chi connectivity index (χ1) is 9.10. The van der Waals surface area contributed by atoms with E-state index in [1.807, 2.05) is 0 Å².